The van der Waals surface area contributed by atoms with Crippen LogP contribution < -0.4 is 0 Å². The van der Waals surface area contributed by atoms with Gasteiger partial charge in [-0.25, -0.2) is 0 Å². The lowest BCUT2D eigenvalue weighted by Crippen LogP contribution is -1.84. The molecule has 0 bridgehead atoms. The Hall–Kier alpha value is -0.600. The summed E-state index contributed by atoms with van der Waals surface area (Å²) in [6, 6.07) is 7.93. The molecule has 0 atom stereocenters. The first-order valence-corrected chi connectivity index (χ1v) is 6.14. The summed E-state index contributed by atoms with van der Waals surface area (Å²) in [4.78, 5) is 0. The zero-order valence-corrected chi connectivity index (χ0v) is 11.4. The number of hydrogen-bond donors (Lipinski definition) is 1. The van der Waals surface area contributed by atoms with Crippen LogP contribution in [0.1, 0.15) is 0 Å². The second-order valence-corrected chi connectivity index (χ2v) is 5.01. The van der Waals surface area contributed by atoms with Crippen LogP contribution in [0.5, 0.6) is 5.75 Å². The molecule has 0 spiro atoms. The van der Waals surface area contributed by atoms with Crippen molar-refractivity contribution >= 4 is 46.4 Å². The van der Waals surface area contributed by atoms with Crippen LogP contribution in [0.15, 0.2) is 30.3 Å². The van der Waals surface area contributed by atoms with Crippen molar-refractivity contribution in [3.05, 3.63) is 50.4 Å². The van der Waals surface area contributed by atoms with E-state index in [1.54, 1.807) is 18.2 Å². The fourth-order valence-corrected chi connectivity index (χ4v) is 2.41. The Morgan fingerprint density at radius 3 is 2.06 bits per heavy atom. The van der Waals surface area contributed by atoms with E-state index in [2.05, 4.69) is 0 Å². The summed E-state index contributed by atoms with van der Waals surface area (Å²) in [6.07, 6.45) is 0. The van der Waals surface area contributed by atoms with Crippen LogP contribution in [0.25, 0.3) is 11.1 Å². The second kappa shape index (κ2) is 4.95. The fraction of sp³-hybridized carbons (Fsp3) is 0. The van der Waals surface area contributed by atoms with Crippen LogP contribution in [0.2, 0.25) is 20.1 Å². The van der Waals surface area contributed by atoms with Gasteiger partial charge in [0.25, 0.3) is 0 Å². The number of phenolic OH excluding ortho intramolecular Hbond substituents is 1. The molecule has 1 nitrogen and oxygen atoms in total. The van der Waals surface area contributed by atoms with Crippen LogP contribution in [-0.4, -0.2) is 5.11 Å². The molecule has 2 aromatic rings. The Labute approximate surface area is 118 Å². The molecule has 0 aliphatic heterocycles. The molecule has 0 saturated carbocycles. The summed E-state index contributed by atoms with van der Waals surface area (Å²) in [6.45, 7) is 0. The van der Waals surface area contributed by atoms with Gasteiger partial charge < -0.3 is 5.11 Å². The maximum absolute atomic E-state index is 9.81. The Kier molecular flexibility index (Phi) is 3.74. The topological polar surface area (TPSA) is 20.2 Å². The highest BCUT2D eigenvalue weighted by molar-refractivity contribution is 6.44. The van der Waals surface area contributed by atoms with E-state index >= 15 is 0 Å². The lowest BCUT2D eigenvalue weighted by molar-refractivity contribution is 0.477. The average molecular weight is 308 g/mol. The first kappa shape index (κ1) is 12.8. The Bertz CT molecular complexity index is 561. The summed E-state index contributed by atoms with van der Waals surface area (Å²) in [5, 5.41) is 11.3. The minimum absolute atomic E-state index is 0.0396. The molecular formula is C12H6Cl4O. The third-order valence-electron chi connectivity index (χ3n) is 2.27. The van der Waals surface area contributed by atoms with Crippen molar-refractivity contribution in [3.8, 4) is 16.9 Å². The van der Waals surface area contributed by atoms with Crippen LogP contribution in [0, 0.1) is 0 Å². The molecule has 2 aromatic carbocycles. The number of aromatic hydroxyl groups is 1. The third kappa shape index (κ3) is 2.48. The van der Waals surface area contributed by atoms with E-state index in [-0.39, 0.29) is 5.75 Å². The highest BCUT2D eigenvalue weighted by Gasteiger charge is 2.14. The molecule has 0 unspecified atom stereocenters. The van der Waals surface area contributed by atoms with Crippen molar-refractivity contribution in [2.24, 2.45) is 0 Å². The Morgan fingerprint density at radius 1 is 0.765 bits per heavy atom. The molecule has 0 aliphatic rings. The maximum atomic E-state index is 9.81. The van der Waals surface area contributed by atoms with E-state index < -0.39 is 0 Å². The minimum Gasteiger partial charge on any atom is -0.507 e. The number of halogens is 4. The van der Waals surface area contributed by atoms with Gasteiger partial charge in [-0.3, -0.25) is 0 Å². The van der Waals surface area contributed by atoms with Crippen LogP contribution in [0.3, 0.4) is 0 Å². The Balaban J connectivity index is 2.73. The fourth-order valence-electron chi connectivity index (χ4n) is 1.49. The molecule has 17 heavy (non-hydrogen) atoms. The van der Waals surface area contributed by atoms with Crippen molar-refractivity contribution in [3.63, 3.8) is 0 Å². The number of phenols is 1. The van der Waals surface area contributed by atoms with Gasteiger partial charge in [0, 0.05) is 11.1 Å². The van der Waals surface area contributed by atoms with Gasteiger partial charge in [-0.05, 0) is 24.3 Å². The predicted octanol–water partition coefficient (Wildman–Crippen LogP) is 5.67. The number of benzene rings is 2. The minimum atomic E-state index is 0.0396. The highest BCUT2D eigenvalue weighted by Crippen LogP contribution is 2.42. The molecule has 88 valence electrons. The largest absolute Gasteiger partial charge is 0.507 e. The third-order valence-corrected chi connectivity index (χ3v) is 3.62. The van der Waals surface area contributed by atoms with Gasteiger partial charge in [0.2, 0.25) is 0 Å². The van der Waals surface area contributed by atoms with E-state index in [4.69, 9.17) is 46.4 Å². The molecule has 0 saturated heterocycles. The van der Waals surface area contributed by atoms with E-state index in [9.17, 15) is 5.11 Å². The summed E-state index contributed by atoms with van der Waals surface area (Å²) in [7, 11) is 0. The normalized spacial score (nSPS) is 10.6. The molecule has 1 N–H and O–H groups in total. The maximum Gasteiger partial charge on any atom is 0.124 e. The molecule has 0 amide bonds. The highest BCUT2D eigenvalue weighted by atomic mass is 35.5. The van der Waals surface area contributed by atoms with Crippen LogP contribution in [0.4, 0.5) is 0 Å². The molecule has 0 aromatic heterocycles. The summed E-state index contributed by atoms with van der Waals surface area (Å²) < 4.78 is 0. The van der Waals surface area contributed by atoms with E-state index in [1.165, 1.54) is 12.1 Å². The van der Waals surface area contributed by atoms with Gasteiger partial charge >= 0.3 is 0 Å². The standard InChI is InChI=1S/C12H6Cl4O/c13-7-2-1-3-11(17)12(7)6-4-9(15)10(16)5-8(6)14/h1-5,17H. The zero-order chi connectivity index (χ0) is 12.6. The summed E-state index contributed by atoms with van der Waals surface area (Å²) in [5.41, 5.74) is 0.988. The van der Waals surface area contributed by atoms with Gasteiger partial charge in [-0.2, -0.15) is 0 Å². The smallest absolute Gasteiger partial charge is 0.124 e. The van der Waals surface area contributed by atoms with E-state index in [1.807, 2.05) is 0 Å². The molecule has 0 fully saturated rings. The van der Waals surface area contributed by atoms with Crippen molar-refractivity contribution < 1.29 is 5.11 Å². The van der Waals surface area contributed by atoms with E-state index in [0.717, 1.165) is 0 Å². The first-order valence-electron chi connectivity index (χ1n) is 4.63. The van der Waals surface area contributed by atoms with Crippen molar-refractivity contribution in [2.45, 2.75) is 0 Å². The van der Waals surface area contributed by atoms with Crippen molar-refractivity contribution in [1.82, 2.24) is 0 Å². The molecule has 0 heterocycles. The van der Waals surface area contributed by atoms with Gasteiger partial charge in [0.05, 0.1) is 20.1 Å². The van der Waals surface area contributed by atoms with Crippen molar-refractivity contribution in [2.75, 3.05) is 0 Å². The predicted molar refractivity (Wildman–Crippen MR) is 73.6 cm³/mol. The Morgan fingerprint density at radius 2 is 1.41 bits per heavy atom. The van der Waals surface area contributed by atoms with E-state index in [0.29, 0.717) is 31.2 Å². The first-order chi connectivity index (χ1) is 8.00. The zero-order valence-electron chi connectivity index (χ0n) is 8.35. The monoisotopic (exact) mass is 306 g/mol. The summed E-state index contributed by atoms with van der Waals surface area (Å²) in [5.74, 6) is 0.0396. The van der Waals surface area contributed by atoms with Crippen molar-refractivity contribution in [1.29, 1.82) is 0 Å². The molecule has 0 aliphatic carbocycles. The molecule has 2 rings (SSSR count). The lowest BCUT2D eigenvalue weighted by Gasteiger charge is -2.10. The van der Waals surface area contributed by atoms with Gasteiger partial charge in [0.15, 0.2) is 0 Å². The number of hydrogen-bond acceptors (Lipinski definition) is 1. The summed E-state index contributed by atoms with van der Waals surface area (Å²) >= 11 is 23.9. The molecular weight excluding hydrogens is 302 g/mol. The molecule has 5 heteroatoms. The SMILES string of the molecule is Oc1cccc(Cl)c1-c1cc(Cl)c(Cl)cc1Cl. The van der Waals surface area contributed by atoms with Crippen LogP contribution >= 0.6 is 46.4 Å². The average Bonchev–Trinajstić information content (AvgIpc) is 2.25. The van der Waals surface area contributed by atoms with Crippen LogP contribution in [-0.2, 0) is 0 Å². The molecule has 0 radical (unpaired) electrons. The van der Waals surface area contributed by atoms with Gasteiger partial charge in [-0.15, -0.1) is 0 Å². The van der Waals surface area contributed by atoms with Gasteiger partial charge in [-0.1, -0.05) is 52.5 Å². The number of rotatable bonds is 1. The second-order valence-electron chi connectivity index (χ2n) is 3.38. The quantitative estimate of drug-likeness (QED) is 0.673. The lowest BCUT2D eigenvalue weighted by atomic mass is 10.0. The van der Waals surface area contributed by atoms with Gasteiger partial charge in [0.1, 0.15) is 5.75 Å².